The van der Waals surface area contributed by atoms with Gasteiger partial charge in [-0.2, -0.15) is 0 Å². The summed E-state index contributed by atoms with van der Waals surface area (Å²) in [5.74, 6) is -1.90. The minimum absolute atomic E-state index is 0.0732. The number of esters is 1. The van der Waals surface area contributed by atoms with E-state index < -0.39 is 36.2 Å². The molecule has 0 aliphatic heterocycles. The van der Waals surface area contributed by atoms with Gasteiger partial charge < -0.3 is 25.2 Å². The molecule has 0 radical (unpaired) electrons. The van der Waals surface area contributed by atoms with Crippen LogP contribution in [0.4, 0.5) is 4.79 Å². The van der Waals surface area contributed by atoms with E-state index in [9.17, 15) is 19.5 Å². The number of aliphatic hydroxyl groups is 1. The van der Waals surface area contributed by atoms with Crippen LogP contribution in [0.3, 0.4) is 0 Å². The van der Waals surface area contributed by atoms with Crippen molar-refractivity contribution in [2.75, 3.05) is 0 Å². The molecule has 3 atom stereocenters. The highest BCUT2D eigenvalue weighted by Gasteiger charge is 2.31. The molecule has 2 unspecified atom stereocenters. The Morgan fingerprint density at radius 1 is 0.861 bits per heavy atom. The van der Waals surface area contributed by atoms with E-state index >= 15 is 0 Å². The Morgan fingerprint density at radius 3 is 2.00 bits per heavy atom. The van der Waals surface area contributed by atoms with Crippen LogP contribution in [0.2, 0.25) is 0 Å². The monoisotopic (exact) mass is 496 g/mol. The minimum Gasteiger partial charge on any atom is -0.460 e. The molecule has 3 N–H and O–H groups in total. The molecule has 8 heteroatoms. The molecule has 0 aromatic heterocycles. The SMILES string of the molecule is CC(C(=O)OCc1ccccc1)C(O)NC(=O)[C@H](CC1CCCCC1)NC(=O)OCc1ccccc1. The molecule has 3 rings (SSSR count). The number of rotatable bonds is 11. The van der Waals surface area contributed by atoms with Crippen molar-refractivity contribution < 1.29 is 29.0 Å². The largest absolute Gasteiger partial charge is 0.460 e. The van der Waals surface area contributed by atoms with Crippen molar-refractivity contribution in [1.29, 1.82) is 0 Å². The molecule has 8 nitrogen and oxygen atoms in total. The van der Waals surface area contributed by atoms with E-state index in [4.69, 9.17) is 9.47 Å². The van der Waals surface area contributed by atoms with E-state index in [-0.39, 0.29) is 19.1 Å². The van der Waals surface area contributed by atoms with E-state index in [2.05, 4.69) is 10.6 Å². The molecule has 2 aromatic rings. The van der Waals surface area contributed by atoms with Crippen molar-refractivity contribution >= 4 is 18.0 Å². The summed E-state index contributed by atoms with van der Waals surface area (Å²) in [6.45, 7) is 1.64. The second kappa shape index (κ2) is 14.2. The van der Waals surface area contributed by atoms with Crippen LogP contribution in [-0.4, -0.2) is 35.3 Å². The molecule has 0 heterocycles. The lowest BCUT2D eigenvalue weighted by Gasteiger charge is -2.28. The van der Waals surface area contributed by atoms with Crippen LogP contribution in [0.1, 0.15) is 56.6 Å². The second-order valence-corrected chi connectivity index (χ2v) is 9.33. The van der Waals surface area contributed by atoms with E-state index in [0.717, 1.165) is 36.8 Å². The predicted octanol–water partition coefficient (Wildman–Crippen LogP) is 4.07. The van der Waals surface area contributed by atoms with Crippen LogP contribution in [0.15, 0.2) is 60.7 Å². The Hall–Kier alpha value is -3.39. The molecule has 2 amide bonds. The highest BCUT2D eigenvalue weighted by atomic mass is 16.5. The third-order valence-electron chi connectivity index (χ3n) is 6.47. The lowest BCUT2D eigenvalue weighted by Crippen LogP contribution is -2.52. The summed E-state index contributed by atoms with van der Waals surface area (Å²) in [7, 11) is 0. The maximum atomic E-state index is 13.0. The summed E-state index contributed by atoms with van der Waals surface area (Å²) in [6, 6.07) is 17.6. The Morgan fingerprint density at radius 2 is 1.42 bits per heavy atom. The summed E-state index contributed by atoms with van der Waals surface area (Å²) in [6.07, 6.45) is 3.57. The molecule has 1 aliphatic carbocycles. The maximum absolute atomic E-state index is 13.0. The fourth-order valence-corrected chi connectivity index (χ4v) is 4.26. The number of carbonyl (C=O) groups is 3. The predicted molar refractivity (Wildman–Crippen MR) is 134 cm³/mol. The lowest BCUT2D eigenvalue weighted by atomic mass is 9.84. The minimum atomic E-state index is -1.46. The molecule has 1 saturated carbocycles. The summed E-state index contributed by atoms with van der Waals surface area (Å²) in [5.41, 5.74) is 1.65. The molecule has 1 aliphatic rings. The fraction of sp³-hybridized carbons (Fsp3) is 0.464. The zero-order valence-electron chi connectivity index (χ0n) is 20.7. The van der Waals surface area contributed by atoms with Gasteiger partial charge in [-0.3, -0.25) is 9.59 Å². The van der Waals surface area contributed by atoms with Crippen molar-refractivity contribution in [1.82, 2.24) is 10.6 Å². The fourth-order valence-electron chi connectivity index (χ4n) is 4.26. The zero-order valence-corrected chi connectivity index (χ0v) is 20.7. The number of aliphatic hydroxyl groups excluding tert-OH is 1. The summed E-state index contributed by atoms with van der Waals surface area (Å²) < 4.78 is 10.6. The number of alkyl carbamates (subject to hydrolysis) is 1. The van der Waals surface area contributed by atoms with E-state index in [1.807, 2.05) is 60.7 Å². The third-order valence-corrected chi connectivity index (χ3v) is 6.47. The Labute approximate surface area is 212 Å². The van der Waals surface area contributed by atoms with Gasteiger partial charge in [0.1, 0.15) is 25.5 Å². The first-order valence-electron chi connectivity index (χ1n) is 12.6. The van der Waals surface area contributed by atoms with Crippen molar-refractivity contribution in [3.8, 4) is 0 Å². The molecular weight excluding hydrogens is 460 g/mol. The van der Waals surface area contributed by atoms with E-state index in [0.29, 0.717) is 6.42 Å². The van der Waals surface area contributed by atoms with Crippen molar-refractivity contribution in [2.24, 2.45) is 11.8 Å². The molecule has 0 spiro atoms. The molecule has 194 valence electrons. The smallest absolute Gasteiger partial charge is 0.408 e. The van der Waals surface area contributed by atoms with Gasteiger partial charge in [-0.15, -0.1) is 0 Å². The van der Waals surface area contributed by atoms with Gasteiger partial charge in [0.2, 0.25) is 5.91 Å². The van der Waals surface area contributed by atoms with Gasteiger partial charge in [-0.05, 0) is 30.4 Å². The van der Waals surface area contributed by atoms with Crippen LogP contribution in [0.5, 0.6) is 0 Å². The van der Waals surface area contributed by atoms with Gasteiger partial charge in [0.05, 0.1) is 5.92 Å². The average molecular weight is 497 g/mol. The molecule has 36 heavy (non-hydrogen) atoms. The third kappa shape index (κ3) is 9.00. The second-order valence-electron chi connectivity index (χ2n) is 9.33. The first-order valence-corrected chi connectivity index (χ1v) is 12.6. The number of nitrogens with one attached hydrogen (secondary N) is 2. The Kier molecular flexibility index (Phi) is 10.8. The van der Waals surface area contributed by atoms with Crippen molar-refractivity contribution in [2.45, 2.75) is 70.9 Å². The molecular formula is C28H36N2O6. The molecule has 0 bridgehead atoms. The van der Waals surface area contributed by atoms with Gasteiger partial charge >= 0.3 is 12.1 Å². The van der Waals surface area contributed by atoms with Crippen LogP contribution in [0.25, 0.3) is 0 Å². The van der Waals surface area contributed by atoms with Gasteiger partial charge in [0, 0.05) is 0 Å². The average Bonchev–Trinajstić information content (AvgIpc) is 2.91. The lowest BCUT2D eigenvalue weighted by molar-refractivity contribution is -0.154. The number of ether oxygens (including phenoxy) is 2. The number of hydrogen-bond donors (Lipinski definition) is 3. The van der Waals surface area contributed by atoms with Crippen molar-refractivity contribution in [3.05, 3.63) is 71.8 Å². The molecule has 1 fully saturated rings. The zero-order chi connectivity index (χ0) is 25.8. The quantitative estimate of drug-likeness (QED) is 0.319. The standard InChI is InChI=1S/C28H36N2O6/c1-20(27(33)35-18-22-13-7-3-8-14-22)25(31)30-26(32)24(17-21-11-5-2-6-12-21)29-28(34)36-19-23-15-9-4-10-16-23/h3-4,7-10,13-16,20-21,24-25,31H,2,5-6,11-12,17-19H2,1H3,(H,29,34)(H,30,32)/t20?,24-,25?/m0/s1. The summed E-state index contributed by atoms with van der Waals surface area (Å²) >= 11 is 0. The Balaban J connectivity index is 1.54. The van der Waals surface area contributed by atoms with Gasteiger partial charge in [0.15, 0.2) is 0 Å². The first kappa shape index (κ1) is 27.2. The van der Waals surface area contributed by atoms with Crippen LogP contribution in [-0.2, 0) is 32.3 Å². The topological polar surface area (TPSA) is 114 Å². The summed E-state index contributed by atoms with van der Waals surface area (Å²) in [5, 5.41) is 15.6. The highest BCUT2D eigenvalue weighted by Crippen LogP contribution is 2.27. The van der Waals surface area contributed by atoms with Crippen molar-refractivity contribution in [3.63, 3.8) is 0 Å². The number of hydrogen-bond acceptors (Lipinski definition) is 6. The van der Waals surface area contributed by atoms with Crippen LogP contribution < -0.4 is 10.6 Å². The maximum Gasteiger partial charge on any atom is 0.408 e. The number of amides is 2. The van der Waals surface area contributed by atoms with Gasteiger partial charge in [-0.1, -0.05) is 92.8 Å². The van der Waals surface area contributed by atoms with Crippen LogP contribution >= 0.6 is 0 Å². The first-order chi connectivity index (χ1) is 17.4. The number of carbonyl (C=O) groups excluding carboxylic acids is 3. The van der Waals surface area contributed by atoms with E-state index in [1.165, 1.54) is 13.3 Å². The normalized spacial score (nSPS) is 16.3. The van der Waals surface area contributed by atoms with Gasteiger partial charge in [0.25, 0.3) is 0 Å². The molecule has 0 saturated heterocycles. The van der Waals surface area contributed by atoms with E-state index in [1.54, 1.807) is 0 Å². The Bertz CT molecular complexity index is 963. The summed E-state index contributed by atoms with van der Waals surface area (Å²) in [4.78, 5) is 37.9. The number of benzene rings is 2. The molecule has 2 aromatic carbocycles. The van der Waals surface area contributed by atoms with Gasteiger partial charge in [-0.25, -0.2) is 4.79 Å². The van der Waals surface area contributed by atoms with Crippen LogP contribution in [0, 0.1) is 11.8 Å². The highest BCUT2D eigenvalue weighted by molar-refractivity contribution is 5.86.